The van der Waals surface area contributed by atoms with Crippen LogP contribution in [-0.2, 0) is 19.1 Å². The van der Waals surface area contributed by atoms with E-state index < -0.39 is 17.5 Å². The number of amides is 1. The van der Waals surface area contributed by atoms with Crippen LogP contribution in [0.3, 0.4) is 0 Å². The van der Waals surface area contributed by atoms with Crippen LogP contribution in [0.25, 0.3) is 10.9 Å². The fraction of sp³-hybridized carbons (Fsp3) is 0.250. The van der Waals surface area contributed by atoms with Gasteiger partial charge in [-0.3, -0.25) is 4.79 Å². The van der Waals surface area contributed by atoms with Crippen molar-refractivity contribution in [3.63, 3.8) is 0 Å². The molecule has 9 heteroatoms. The Morgan fingerprint density at radius 2 is 1.78 bits per heavy atom. The molecule has 1 N–H and O–H groups in total. The number of hydrogen-bond donors (Lipinski definition) is 1. The molecule has 2 heterocycles. The minimum Gasteiger partial charge on any atom is -0.449 e. The normalized spacial score (nSPS) is 14.2. The largest absolute Gasteiger partial charge is 0.449 e. The number of benzene rings is 3. The van der Waals surface area contributed by atoms with Crippen molar-refractivity contribution >= 4 is 28.4 Å². The molecule has 1 aliphatic rings. The molecular weight excluding hydrogens is 505 g/mol. The minimum absolute atomic E-state index is 0.189. The summed E-state index contributed by atoms with van der Waals surface area (Å²) in [7, 11) is 0. The third kappa shape index (κ3) is 5.39. The van der Waals surface area contributed by atoms with Gasteiger partial charge in [-0.1, -0.05) is 35.9 Å². The Balaban J connectivity index is 1.45. The molecule has 0 spiro atoms. The first kappa shape index (κ1) is 25.0. The van der Waals surface area contributed by atoms with Crippen LogP contribution in [0.5, 0.6) is 11.5 Å². The number of nitrogens with zero attached hydrogens (tertiary/aromatic N) is 1. The van der Waals surface area contributed by atoms with Gasteiger partial charge in [0.2, 0.25) is 5.79 Å². The Morgan fingerprint density at radius 1 is 1.00 bits per heavy atom. The maximum Gasteiger partial charge on any atom is 0.416 e. The van der Waals surface area contributed by atoms with E-state index in [9.17, 15) is 18.0 Å². The molecule has 3 aromatic carbocycles. The lowest BCUT2D eigenvalue weighted by Crippen LogP contribution is -2.32. The van der Waals surface area contributed by atoms with Gasteiger partial charge >= 0.3 is 6.18 Å². The number of H-pyrrole nitrogens is 1. The number of carbonyl (C=O) groups is 1. The molecule has 0 atom stereocenters. The molecule has 192 valence electrons. The third-order valence-corrected chi connectivity index (χ3v) is 6.38. The molecule has 5 nitrogen and oxygen atoms in total. The molecule has 5 rings (SSSR count). The molecule has 0 saturated carbocycles. The van der Waals surface area contributed by atoms with Crippen LogP contribution in [0.15, 0.2) is 66.9 Å². The SMILES string of the molecule is CC1(C)Oc2ccc(CN(CCc3cccc(C(F)(F)F)c3)C(=O)c3cc(Cl)cc4cc[nH]c34)cc2O1. The molecule has 1 amide bonds. The first-order valence-electron chi connectivity index (χ1n) is 11.7. The van der Waals surface area contributed by atoms with Crippen molar-refractivity contribution in [2.24, 2.45) is 0 Å². The van der Waals surface area contributed by atoms with E-state index in [1.807, 2.05) is 18.2 Å². The zero-order chi connectivity index (χ0) is 26.4. The summed E-state index contributed by atoms with van der Waals surface area (Å²) in [5.41, 5.74) is 1.59. The molecule has 37 heavy (non-hydrogen) atoms. The fourth-order valence-electron chi connectivity index (χ4n) is 4.48. The van der Waals surface area contributed by atoms with Crippen LogP contribution in [0.2, 0.25) is 5.02 Å². The maximum atomic E-state index is 13.8. The third-order valence-electron chi connectivity index (χ3n) is 6.16. The lowest BCUT2D eigenvalue weighted by Gasteiger charge is -2.24. The summed E-state index contributed by atoms with van der Waals surface area (Å²) < 4.78 is 51.3. The number of fused-ring (bicyclic) bond motifs is 2. The Morgan fingerprint density at radius 3 is 2.57 bits per heavy atom. The summed E-state index contributed by atoms with van der Waals surface area (Å²) in [6.07, 6.45) is -2.47. The molecule has 0 fully saturated rings. The van der Waals surface area contributed by atoms with Gasteiger partial charge in [-0.05, 0) is 53.9 Å². The van der Waals surface area contributed by atoms with Gasteiger partial charge in [0.15, 0.2) is 11.5 Å². The fourth-order valence-corrected chi connectivity index (χ4v) is 4.71. The average molecular weight is 529 g/mol. The summed E-state index contributed by atoms with van der Waals surface area (Å²) >= 11 is 6.29. The van der Waals surface area contributed by atoms with Crippen LogP contribution < -0.4 is 9.47 Å². The molecule has 4 aromatic rings. The van der Waals surface area contributed by atoms with Gasteiger partial charge in [0.05, 0.1) is 16.6 Å². The van der Waals surface area contributed by atoms with E-state index in [2.05, 4.69) is 4.98 Å². The topological polar surface area (TPSA) is 54.6 Å². The summed E-state index contributed by atoms with van der Waals surface area (Å²) in [5.74, 6) is 0.0979. The molecule has 0 aliphatic carbocycles. The first-order valence-corrected chi connectivity index (χ1v) is 12.1. The Labute approximate surface area is 216 Å². The predicted octanol–water partition coefficient (Wildman–Crippen LogP) is 7.23. The number of carbonyl (C=O) groups excluding carboxylic acids is 1. The standard InChI is InChI=1S/C28H24ClF3N2O3/c1-27(2)36-23-7-6-18(13-24(23)37-27)16-34(11-9-17-4-3-5-20(12-17)28(30,31)32)26(35)22-15-21(29)14-19-8-10-33-25(19)22/h3-8,10,12-15,33H,9,11,16H2,1-2H3. The molecule has 0 bridgehead atoms. The second kappa shape index (κ2) is 9.34. The van der Waals surface area contributed by atoms with Crippen LogP contribution >= 0.6 is 11.6 Å². The van der Waals surface area contributed by atoms with Gasteiger partial charge in [-0.2, -0.15) is 13.2 Å². The summed E-state index contributed by atoms with van der Waals surface area (Å²) in [5, 5.41) is 1.21. The van der Waals surface area contributed by atoms with E-state index in [1.165, 1.54) is 6.07 Å². The van der Waals surface area contributed by atoms with Crippen molar-refractivity contribution in [1.82, 2.24) is 9.88 Å². The highest BCUT2D eigenvalue weighted by Crippen LogP contribution is 2.40. The van der Waals surface area contributed by atoms with Crippen molar-refractivity contribution in [1.29, 1.82) is 0 Å². The number of ether oxygens (including phenoxy) is 2. The quantitative estimate of drug-likeness (QED) is 0.287. The number of halogens is 4. The van der Waals surface area contributed by atoms with Crippen molar-refractivity contribution in [2.45, 2.75) is 38.8 Å². The smallest absolute Gasteiger partial charge is 0.416 e. The van der Waals surface area contributed by atoms with E-state index in [0.717, 1.165) is 23.1 Å². The lowest BCUT2D eigenvalue weighted by molar-refractivity contribution is -0.137. The van der Waals surface area contributed by atoms with Crippen molar-refractivity contribution in [3.05, 3.63) is 94.1 Å². The summed E-state index contributed by atoms with van der Waals surface area (Å²) in [6, 6.07) is 15.8. The van der Waals surface area contributed by atoms with Gasteiger partial charge in [0.25, 0.3) is 5.91 Å². The number of hydrogen-bond acceptors (Lipinski definition) is 3. The molecule has 1 aromatic heterocycles. The Kier molecular flexibility index (Phi) is 6.31. The van der Waals surface area contributed by atoms with Gasteiger partial charge in [0, 0.05) is 43.5 Å². The van der Waals surface area contributed by atoms with Gasteiger partial charge < -0.3 is 19.4 Å². The van der Waals surface area contributed by atoms with Gasteiger partial charge in [-0.15, -0.1) is 0 Å². The number of rotatable bonds is 6. The number of aromatic nitrogens is 1. The Bertz CT molecular complexity index is 1480. The molecule has 1 aliphatic heterocycles. The Hall–Kier alpha value is -3.65. The zero-order valence-corrected chi connectivity index (χ0v) is 20.9. The molecule has 0 saturated heterocycles. The minimum atomic E-state index is -4.44. The highest BCUT2D eigenvalue weighted by atomic mass is 35.5. The maximum absolute atomic E-state index is 13.8. The van der Waals surface area contributed by atoms with Gasteiger partial charge in [-0.25, -0.2) is 0 Å². The zero-order valence-electron chi connectivity index (χ0n) is 20.2. The second-order valence-electron chi connectivity index (χ2n) is 9.46. The van der Waals surface area contributed by atoms with Gasteiger partial charge in [0.1, 0.15) is 0 Å². The first-order chi connectivity index (χ1) is 17.5. The second-order valence-corrected chi connectivity index (χ2v) is 9.89. The summed E-state index contributed by atoms with van der Waals surface area (Å²) in [4.78, 5) is 18.5. The van der Waals surface area contributed by atoms with E-state index in [0.29, 0.717) is 33.2 Å². The molecular formula is C28H24ClF3N2O3. The van der Waals surface area contributed by atoms with E-state index in [1.54, 1.807) is 49.2 Å². The van der Waals surface area contributed by atoms with Crippen LogP contribution in [0, 0.1) is 0 Å². The number of aromatic amines is 1. The van der Waals surface area contributed by atoms with Crippen molar-refractivity contribution in [3.8, 4) is 11.5 Å². The van der Waals surface area contributed by atoms with Crippen LogP contribution in [0.1, 0.15) is 40.9 Å². The average Bonchev–Trinajstić information content (AvgIpc) is 3.42. The van der Waals surface area contributed by atoms with E-state index in [4.69, 9.17) is 21.1 Å². The molecule has 0 unspecified atom stereocenters. The number of alkyl halides is 3. The van der Waals surface area contributed by atoms with Crippen molar-refractivity contribution < 1.29 is 27.4 Å². The van der Waals surface area contributed by atoms with E-state index in [-0.39, 0.29) is 25.4 Å². The highest BCUT2D eigenvalue weighted by molar-refractivity contribution is 6.32. The number of nitrogens with one attached hydrogen (secondary N) is 1. The van der Waals surface area contributed by atoms with Crippen molar-refractivity contribution in [2.75, 3.05) is 6.54 Å². The van der Waals surface area contributed by atoms with Crippen LogP contribution in [0.4, 0.5) is 13.2 Å². The lowest BCUT2D eigenvalue weighted by atomic mass is 10.1. The monoisotopic (exact) mass is 528 g/mol. The van der Waals surface area contributed by atoms with E-state index >= 15 is 0 Å². The summed E-state index contributed by atoms with van der Waals surface area (Å²) in [6.45, 7) is 4.01. The van der Waals surface area contributed by atoms with Crippen LogP contribution in [-0.4, -0.2) is 28.1 Å². The predicted molar refractivity (Wildman–Crippen MR) is 135 cm³/mol. The highest BCUT2D eigenvalue weighted by Gasteiger charge is 2.32. The molecule has 0 radical (unpaired) electrons.